The molecule has 110 valence electrons. The van der Waals surface area contributed by atoms with Gasteiger partial charge in [0.15, 0.2) is 0 Å². The molecule has 22 heavy (non-hydrogen) atoms. The van der Waals surface area contributed by atoms with Crippen molar-refractivity contribution in [3.8, 4) is 6.07 Å². The molecule has 1 saturated heterocycles. The minimum absolute atomic E-state index is 0.126. The molecule has 1 unspecified atom stereocenters. The number of halogens is 1. The number of carbonyl (C=O) groups excluding carboxylic acids is 1. The average molecular weight is 313 g/mol. The van der Waals surface area contributed by atoms with Crippen LogP contribution in [0.25, 0.3) is 0 Å². The van der Waals surface area contributed by atoms with Gasteiger partial charge in [-0.2, -0.15) is 5.26 Å². The molecule has 3 rings (SSSR count). The van der Waals surface area contributed by atoms with Crippen LogP contribution >= 0.6 is 11.8 Å². The van der Waals surface area contributed by atoms with Crippen molar-refractivity contribution in [2.24, 2.45) is 0 Å². The van der Waals surface area contributed by atoms with Crippen molar-refractivity contribution in [2.75, 3.05) is 11.4 Å². The summed E-state index contributed by atoms with van der Waals surface area (Å²) in [5.41, 5.74) is 0.822. The van der Waals surface area contributed by atoms with Crippen molar-refractivity contribution in [2.45, 2.75) is 16.7 Å². The Morgan fingerprint density at radius 1 is 1.36 bits per heavy atom. The highest BCUT2D eigenvalue weighted by Gasteiger charge is 2.34. The minimum Gasteiger partial charge on any atom is -0.309 e. The summed E-state index contributed by atoms with van der Waals surface area (Å²) in [4.78, 5) is 18.1. The topological polar surface area (TPSA) is 57.0 Å². The smallest absolute Gasteiger partial charge is 0.240 e. The fraction of sp³-hybridized carbons (Fsp3) is 0.188. The van der Waals surface area contributed by atoms with Crippen molar-refractivity contribution < 1.29 is 9.18 Å². The lowest BCUT2D eigenvalue weighted by atomic mass is 10.3. The summed E-state index contributed by atoms with van der Waals surface area (Å²) < 4.78 is 13.8. The van der Waals surface area contributed by atoms with Gasteiger partial charge in [-0.05, 0) is 30.7 Å². The van der Waals surface area contributed by atoms with E-state index in [9.17, 15) is 9.18 Å². The molecule has 1 aromatic heterocycles. The molecule has 1 fully saturated rings. The number of nitriles is 1. The molecule has 2 heterocycles. The van der Waals surface area contributed by atoms with Crippen molar-refractivity contribution in [1.29, 1.82) is 5.26 Å². The van der Waals surface area contributed by atoms with Gasteiger partial charge in [-0.3, -0.25) is 4.79 Å². The van der Waals surface area contributed by atoms with E-state index in [1.165, 1.54) is 22.7 Å². The van der Waals surface area contributed by atoms with E-state index in [4.69, 9.17) is 5.26 Å². The number of anilines is 1. The van der Waals surface area contributed by atoms with E-state index in [-0.39, 0.29) is 11.2 Å². The first kappa shape index (κ1) is 14.5. The van der Waals surface area contributed by atoms with E-state index in [0.717, 1.165) is 0 Å². The number of benzene rings is 1. The zero-order valence-corrected chi connectivity index (χ0v) is 12.4. The predicted octanol–water partition coefficient (Wildman–Crippen LogP) is 2.99. The maximum Gasteiger partial charge on any atom is 0.240 e. The summed E-state index contributed by atoms with van der Waals surface area (Å²) in [5.74, 6) is -0.523. The van der Waals surface area contributed by atoms with Crippen LogP contribution < -0.4 is 4.90 Å². The third kappa shape index (κ3) is 2.81. The van der Waals surface area contributed by atoms with Gasteiger partial charge in [-0.1, -0.05) is 23.9 Å². The number of rotatable bonds is 3. The van der Waals surface area contributed by atoms with Crippen LogP contribution in [-0.2, 0) is 4.79 Å². The fourth-order valence-electron chi connectivity index (χ4n) is 2.36. The largest absolute Gasteiger partial charge is 0.309 e. The standard InChI is InChI=1S/C16H12FN3OS/c17-12-3-1-2-4-13(12)20-8-6-14(16(20)21)22-15-9-11(10-18)5-7-19-15/h1-5,7,9,14H,6,8H2. The molecule has 1 aromatic carbocycles. The van der Waals surface area contributed by atoms with Gasteiger partial charge in [-0.25, -0.2) is 9.37 Å². The molecule has 0 aliphatic carbocycles. The summed E-state index contributed by atoms with van der Waals surface area (Å²) >= 11 is 1.32. The lowest BCUT2D eigenvalue weighted by Gasteiger charge is -2.17. The summed E-state index contributed by atoms with van der Waals surface area (Å²) in [6.45, 7) is 0.482. The molecule has 0 N–H and O–H groups in total. The molecule has 0 spiro atoms. The molecular weight excluding hydrogens is 301 g/mol. The van der Waals surface area contributed by atoms with Crippen LogP contribution in [0.2, 0.25) is 0 Å². The van der Waals surface area contributed by atoms with Gasteiger partial charge in [0, 0.05) is 12.7 Å². The van der Waals surface area contributed by atoms with Gasteiger partial charge in [0.25, 0.3) is 0 Å². The van der Waals surface area contributed by atoms with E-state index in [1.807, 2.05) is 6.07 Å². The Labute approximate surface area is 131 Å². The Balaban J connectivity index is 1.77. The molecule has 4 nitrogen and oxygen atoms in total. The van der Waals surface area contributed by atoms with Crippen molar-refractivity contribution >= 4 is 23.4 Å². The number of thioether (sulfide) groups is 1. The van der Waals surface area contributed by atoms with Gasteiger partial charge in [0.2, 0.25) is 5.91 Å². The second-order valence-electron chi connectivity index (χ2n) is 4.83. The second kappa shape index (κ2) is 6.16. The fourth-order valence-corrected chi connectivity index (χ4v) is 3.42. The molecule has 6 heteroatoms. The first-order valence-electron chi connectivity index (χ1n) is 6.78. The number of carbonyl (C=O) groups is 1. The Hall–Kier alpha value is -2.39. The summed E-state index contributed by atoms with van der Waals surface area (Å²) in [5, 5.41) is 9.22. The van der Waals surface area contributed by atoms with Crippen LogP contribution in [-0.4, -0.2) is 22.7 Å². The van der Waals surface area contributed by atoms with E-state index in [0.29, 0.717) is 29.2 Å². The van der Waals surface area contributed by atoms with Gasteiger partial charge in [-0.15, -0.1) is 0 Å². The van der Waals surface area contributed by atoms with E-state index >= 15 is 0 Å². The Morgan fingerprint density at radius 3 is 2.95 bits per heavy atom. The highest BCUT2D eigenvalue weighted by molar-refractivity contribution is 8.00. The quantitative estimate of drug-likeness (QED) is 0.874. The van der Waals surface area contributed by atoms with Crippen LogP contribution in [0.1, 0.15) is 12.0 Å². The van der Waals surface area contributed by atoms with Crippen molar-refractivity contribution in [3.63, 3.8) is 0 Å². The summed E-state index contributed by atoms with van der Waals surface area (Å²) in [6.07, 6.45) is 2.17. The molecule has 1 aliphatic heterocycles. The maximum atomic E-state index is 13.8. The molecule has 0 saturated carbocycles. The zero-order chi connectivity index (χ0) is 15.5. The van der Waals surface area contributed by atoms with Crippen LogP contribution in [0.4, 0.5) is 10.1 Å². The predicted molar refractivity (Wildman–Crippen MR) is 82.0 cm³/mol. The summed E-state index contributed by atoms with van der Waals surface area (Å²) in [6, 6.07) is 11.6. The average Bonchev–Trinajstić information content (AvgIpc) is 2.89. The van der Waals surface area contributed by atoms with Crippen molar-refractivity contribution in [1.82, 2.24) is 4.98 Å². The monoisotopic (exact) mass is 313 g/mol. The number of para-hydroxylation sites is 1. The third-order valence-corrected chi connectivity index (χ3v) is 4.61. The molecule has 1 amide bonds. The number of pyridine rings is 1. The molecular formula is C16H12FN3OS. The minimum atomic E-state index is -0.397. The highest BCUT2D eigenvalue weighted by Crippen LogP contribution is 2.33. The normalized spacial score (nSPS) is 17.5. The SMILES string of the molecule is N#Cc1ccnc(SC2CCN(c3ccccc3F)C2=O)c1. The van der Waals surface area contributed by atoms with Crippen LogP contribution in [0.15, 0.2) is 47.6 Å². The van der Waals surface area contributed by atoms with Gasteiger partial charge >= 0.3 is 0 Å². The Kier molecular flexibility index (Phi) is 4.07. The Morgan fingerprint density at radius 2 is 2.18 bits per heavy atom. The lowest BCUT2D eigenvalue weighted by molar-refractivity contribution is -0.116. The molecule has 1 atom stereocenters. The third-order valence-electron chi connectivity index (χ3n) is 3.43. The van der Waals surface area contributed by atoms with Gasteiger partial charge in [0.1, 0.15) is 5.82 Å². The Bertz CT molecular complexity index is 759. The maximum absolute atomic E-state index is 13.8. The number of nitrogens with zero attached hydrogens (tertiary/aromatic N) is 3. The lowest BCUT2D eigenvalue weighted by Crippen LogP contribution is -2.28. The molecule has 0 radical (unpaired) electrons. The van der Waals surface area contributed by atoms with Crippen molar-refractivity contribution in [3.05, 3.63) is 54.0 Å². The van der Waals surface area contributed by atoms with Gasteiger partial charge < -0.3 is 4.90 Å². The number of hydrogen-bond donors (Lipinski definition) is 0. The number of hydrogen-bond acceptors (Lipinski definition) is 4. The van der Waals surface area contributed by atoms with E-state index in [2.05, 4.69) is 4.98 Å². The van der Waals surface area contributed by atoms with Crippen LogP contribution in [0.3, 0.4) is 0 Å². The van der Waals surface area contributed by atoms with E-state index in [1.54, 1.807) is 36.5 Å². The van der Waals surface area contributed by atoms with Gasteiger partial charge in [0.05, 0.1) is 27.6 Å². The number of aromatic nitrogens is 1. The highest BCUT2D eigenvalue weighted by atomic mass is 32.2. The second-order valence-corrected chi connectivity index (χ2v) is 6.05. The first-order chi connectivity index (χ1) is 10.7. The molecule has 2 aromatic rings. The van der Waals surface area contributed by atoms with E-state index < -0.39 is 5.82 Å². The first-order valence-corrected chi connectivity index (χ1v) is 7.66. The van der Waals surface area contributed by atoms with Crippen LogP contribution in [0, 0.1) is 17.1 Å². The van der Waals surface area contributed by atoms with Crippen LogP contribution in [0.5, 0.6) is 0 Å². The summed E-state index contributed by atoms with van der Waals surface area (Å²) in [7, 11) is 0. The molecule has 0 bridgehead atoms. The number of amides is 1. The molecule has 1 aliphatic rings. The zero-order valence-electron chi connectivity index (χ0n) is 11.6.